The summed E-state index contributed by atoms with van der Waals surface area (Å²) >= 11 is 1.67. The van der Waals surface area contributed by atoms with Crippen molar-refractivity contribution in [3.8, 4) is 5.75 Å². The minimum atomic E-state index is 0.0617. The first kappa shape index (κ1) is 12.1. The summed E-state index contributed by atoms with van der Waals surface area (Å²) in [5, 5.41) is 12.1. The molecule has 0 radical (unpaired) electrons. The van der Waals surface area contributed by atoms with Crippen LogP contribution in [0.4, 0.5) is 0 Å². The zero-order valence-corrected chi connectivity index (χ0v) is 10.5. The maximum Gasteiger partial charge on any atom is 0.131 e. The first-order valence-electron chi connectivity index (χ1n) is 5.57. The van der Waals surface area contributed by atoms with Crippen molar-refractivity contribution in [2.24, 2.45) is 0 Å². The van der Waals surface area contributed by atoms with E-state index in [0.29, 0.717) is 6.61 Å². The highest BCUT2D eigenvalue weighted by molar-refractivity contribution is 7.09. The number of aryl methyl sites for hydroxylation is 1. The Balaban J connectivity index is 1.92. The van der Waals surface area contributed by atoms with Gasteiger partial charge in [-0.15, -0.1) is 11.3 Å². The van der Waals surface area contributed by atoms with Crippen LogP contribution in [0.15, 0.2) is 29.6 Å². The fourth-order valence-corrected chi connectivity index (χ4v) is 2.16. The molecule has 2 aromatic rings. The number of aliphatic hydroxyl groups excluding tert-OH is 1. The van der Waals surface area contributed by atoms with Crippen LogP contribution in [0, 0.1) is 0 Å². The van der Waals surface area contributed by atoms with Crippen LogP contribution in [-0.2, 0) is 19.6 Å². The molecule has 0 aliphatic rings. The van der Waals surface area contributed by atoms with E-state index >= 15 is 0 Å². The van der Waals surface area contributed by atoms with E-state index in [1.165, 1.54) is 0 Å². The van der Waals surface area contributed by atoms with Gasteiger partial charge in [0.15, 0.2) is 0 Å². The molecule has 0 atom stereocenters. The van der Waals surface area contributed by atoms with Gasteiger partial charge in [0.1, 0.15) is 12.4 Å². The molecule has 90 valence electrons. The van der Waals surface area contributed by atoms with Crippen molar-refractivity contribution in [1.82, 2.24) is 4.98 Å². The highest BCUT2D eigenvalue weighted by Crippen LogP contribution is 2.16. The molecule has 17 heavy (non-hydrogen) atoms. The van der Waals surface area contributed by atoms with Gasteiger partial charge < -0.3 is 9.84 Å². The van der Waals surface area contributed by atoms with E-state index in [1.54, 1.807) is 11.3 Å². The van der Waals surface area contributed by atoms with E-state index in [0.717, 1.165) is 28.4 Å². The third-order valence-electron chi connectivity index (χ3n) is 2.39. The third kappa shape index (κ3) is 3.28. The molecule has 4 heteroatoms. The number of aromatic nitrogens is 1. The van der Waals surface area contributed by atoms with Crippen molar-refractivity contribution in [3.63, 3.8) is 0 Å². The lowest BCUT2D eigenvalue weighted by atomic mass is 10.2. The summed E-state index contributed by atoms with van der Waals surface area (Å²) in [6.45, 7) is 2.65. The van der Waals surface area contributed by atoms with Gasteiger partial charge in [-0.3, -0.25) is 0 Å². The van der Waals surface area contributed by atoms with Crippen LogP contribution in [0.5, 0.6) is 5.75 Å². The lowest BCUT2D eigenvalue weighted by Crippen LogP contribution is -1.96. The van der Waals surface area contributed by atoms with Gasteiger partial charge in [-0.1, -0.05) is 19.1 Å². The molecule has 1 heterocycles. The summed E-state index contributed by atoms with van der Waals surface area (Å²) in [5.74, 6) is 0.799. The van der Waals surface area contributed by atoms with Crippen molar-refractivity contribution in [3.05, 3.63) is 45.9 Å². The summed E-state index contributed by atoms with van der Waals surface area (Å²) in [6.07, 6.45) is 0.968. The average molecular weight is 249 g/mol. The van der Waals surface area contributed by atoms with Gasteiger partial charge in [-0.2, -0.15) is 0 Å². The van der Waals surface area contributed by atoms with Crippen LogP contribution in [0.3, 0.4) is 0 Å². The van der Waals surface area contributed by atoms with Crippen molar-refractivity contribution < 1.29 is 9.84 Å². The second-order valence-corrected chi connectivity index (χ2v) is 4.62. The Morgan fingerprint density at radius 2 is 2.06 bits per heavy atom. The molecule has 1 N–H and O–H groups in total. The first-order valence-corrected chi connectivity index (χ1v) is 6.45. The van der Waals surface area contributed by atoms with E-state index < -0.39 is 0 Å². The highest BCUT2D eigenvalue weighted by atomic mass is 32.1. The molecule has 0 saturated heterocycles. The molecule has 0 spiro atoms. The molecule has 0 fully saturated rings. The number of hydrogen-bond acceptors (Lipinski definition) is 4. The number of hydrogen-bond donors (Lipinski definition) is 1. The van der Waals surface area contributed by atoms with Gasteiger partial charge >= 0.3 is 0 Å². The predicted molar refractivity (Wildman–Crippen MR) is 68.2 cm³/mol. The lowest BCUT2D eigenvalue weighted by molar-refractivity contribution is 0.280. The quantitative estimate of drug-likeness (QED) is 0.886. The Bertz CT molecular complexity index is 465. The summed E-state index contributed by atoms with van der Waals surface area (Å²) in [4.78, 5) is 4.43. The van der Waals surface area contributed by atoms with Gasteiger partial charge in [-0.05, 0) is 24.1 Å². The molecule has 0 bridgehead atoms. The maximum atomic E-state index is 8.92. The Labute approximate surface area is 105 Å². The van der Waals surface area contributed by atoms with Gasteiger partial charge in [0.25, 0.3) is 0 Å². The zero-order chi connectivity index (χ0) is 12.1. The Morgan fingerprint density at radius 1 is 1.29 bits per heavy atom. The maximum absolute atomic E-state index is 8.92. The van der Waals surface area contributed by atoms with Crippen molar-refractivity contribution in [2.45, 2.75) is 26.6 Å². The van der Waals surface area contributed by atoms with Gasteiger partial charge in [0, 0.05) is 5.38 Å². The first-order chi connectivity index (χ1) is 8.31. The van der Waals surface area contributed by atoms with Crippen molar-refractivity contribution in [1.29, 1.82) is 0 Å². The largest absolute Gasteiger partial charge is 0.487 e. The fourth-order valence-electron chi connectivity index (χ4n) is 1.43. The average Bonchev–Trinajstić information content (AvgIpc) is 2.85. The van der Waals surface area contributed by atoms with E-state index in [2.05, 4.69) is 11.9 Å². The van der Waals surface area contributed by atoms with Crippen LogP contribution >= 0.6 is 11.3 Å². The minimum absolute atomic E-state index is 0.0617. The van der Waals surface area contributed by atoms with Crippen molar-refractivity contribution in [2.75, 3.05) is 0 Å². The monoisotopic (exact) mass is 249 g/mol. The van der Waals surface area contributed by atoms with Crippen LogP contribution in [0.1, 0.15) is 23.2 Å². The van der Waals surface area contributed by atoms with Crippen LogP contribution in [0.25, 0.3) is 0 Å². The van der Waals surface area contributed by atoms with E-state index in [9.17, 15) is 0 Å². The van der Waals surface area contributed by atoms with E-state index in [-0.39, 0.29) is 6.61 Å². The third-order valence-corrected chi connectivity index (χ3v) is 3.44. The Kier molecular flexibility index (Phi) is 4.12. The lowest BCUT2D eigenvalue weighted by Gasteiger charge is -2.04. The van der Waals surface area contributed by atoms with Crippen LogP contribution in [-0.4, -0.2) is 10.1 Å². The molecule has 0 unspecified atom stereocenters. The van der Waals surface area contributed by atoms with Crippen LogP contribution < -0.4 is 4.74 Å². The highest BCUT2D eigenvalue weighted by Gasteiger charge is 2.01. The summed E-state index contributed by atoms with van der Waals surface area (Å²) in [6, 6.07) is 7.43. The fraction of sp³-hybridized carbons (Fsp3) is 0.308. The molecule has 1 aromatic carbocycles. The number of aliphatic hydroxyl groups is 1. The normalized spacial score (nSPS) is 10.5. The Morgan fingerprint density at radius 3 is 2.65 bits per heavy atom. The predicted octanol–water partition coefficient (Wildman–Crippen LogP) is 2.78. The molecule has 0 saturated carbocycles. The topological polar surface area (TPSA) is 42.4 Å². The Hall–Kier alpha value is -1.39. The zero-order valence-electron chi connectivity index (χ0n) is 9.72. The number of ether oxygens (including phenoxy) is 1. The number of rotatable bonds is 5. The molecule has 0 aliphatic carbocycles. The SMILES string of the molecule is CCc1nc(COc2ccc(CO)cc2)cs1. The molecule has 3 nitrogen and oxygen atoms in total. The van der Waals surface area contributed by atoms with Gasteiger partial charge in [0.2, 0.25) is 0 Å². The second-order valence-electron chi connectivity index (χ2n) is 3.68. The van der Waals surface area contributed by atoms with Gasteiger partial charge in [-0.25, -0.2) is 4.98 Å². The molecule has 1 aromatic heterocycles. The number of benzene rings is 1. The molecule has 0 aliphatic heterocycles. The standard InChI is InChI=1S/C13H15NO2S/c1-2-13-14-11(9-17-13)8-16-12-5-3-10(7-15)4-6-12/h3-6,9,15H,2,7-8H2,1H3. The molecule has 2 rings (SSSR count). The van der Waals surface area contributed by atoms with Crippen molar-refractivity contribution >= 4 is 11.3 Å². The second kappa shape index (κ2) is 5.80. The molecule has 0 amide bonds. The van der Waals surface area contributed by atoms with Gasteiger partial charge in [0.05, 0.1) is 17.3 Å². The summed E-state index contributed by atoms with van der Waals surface area (Å²) in [7, 11) is 0. The minimum Gasteiger partial charge on any atom is -0.487 e. The van der Waals surface area contributed by atoms with Crippen LogP contribution in [0.2, 0.25) is 0 Å². The smallest absolute Gasteiger partial charge is 0.131 e. The summed E-state index contributed by atoms with van der Waals surface area (Å²) in [5.41, 5.74) is 1.86. The molecular weight excluding hydrogens is 234 g/mol. The summed E-state index contributed by atoms with van der Waals surface area (Å²) < 4.78 is 5.61. The molecular formula is C13H15NO2S. The van der Waals surface area contributed by atoms with E-state index in [1.807, 2.05) is 29.6 Å². The number of thiazole rings is 1. The number of nitrogens with zero attached hydrogens (tertiary/aromatic N) is 1. The van der Waals surface area contributed by atoms with E-state index in [4.69, 9.17) is 9.84 Å².